The number of rotatable bonds is 4. The van der Waals surface area contributed by atoms with Crippen LogP contribution in [-0.2, 0) is 11.3 Å². The molecule has 1 aromatic heterocycles. The SMILES string of the molecule is CNc1nc2ccccc2cc1CN(C)C1CCOC1C. The van der Waals surface area contributed by atoms with E-state index in [0.29, 0.717) is 12.1 Å². The second-order valence-corrected chi connectivity index (χ2v) is 5.79. The molecule has 2 heterocycles. The average Bonchev–Trinajstić information content (AvgIpc) is 2.92. The van der Waals surface area contributed by atoms with Gasteiger partial charge in [-0.05, 0) is 32.5 Å². The molecule has 0 saturated carbocycles. The molecule has 112 valence electrons. The van der Waals surface area contributed by atoms with Crippen molar-refractivity contribution in [3.8, 4) is 0 Å². The Morgan fingerprint density at radius 1 is 1.38 bits per heavy atom. The molecule has 0 radical (unpaired) electrons. The normalized spacial score (nSPS) is 22.1. The van der Waals surface area contributed by atoms with Crippen LogP contribution >= 0.6 is 0 Å². The zero-order valence-electron chi connectivity index (χ0n) is 13.0. The molecule has 4 nitrogen and oxygen atoms in total. The minimum absolute atomic E-state index is 0.307. The number of benzene rings is 1. The molecule has 2 unspecified atom stereocenters. The fourth-order valence-electron chi connectivity index (χ4n) is 3.18. The number of fused-ring (bicyclic) bond motifs is 1. The highest BCUT2D eigenvalue weighted by Gasteiger charge is 2.28. The molecule has 0 aliphatic carbocycles. The molecule has 0 amide bonds. The van der Waals surface area contributed by atoms with Gasteiger partial charge in [-0.3, -0.25) is 4.90 Å². The maximum Gasteiger partial charge on any atom is 0.130 e. The monoisotopic (exact) mass is 285 g/mol. The summed E-state index contributed by atoms with van der Waals surface area (Å²) in [5, 5.41) is 4.42. The van der Waals surface area contributed by atoms with Gasteiger partial charge < -0.3 is 10.1 Å². The molecular weight excluding hydrogens is 262 g/mol. The van der Waals surface area contributed by atoms with E-state index in [1.165, 1.54) is 10.9 Å². The summed E-state index contributed by atoms with van der Waals surface area (Å²) in [5.74, 6) is 0.965. The number of hydrogen-bond donors (Lipinski definition) is 1. The van der Waals surface area contributed by atoms with E-state index in [1.54, 1.807) is 0 Å². The minimum atomic E-state index is 0.307. The zero-order chi connectivity index (χ0) is 14.8. The third-order valence-electron chi connectivity index (χ3n) is 4.36. The second-order valence-electron chi connectivity index (χ2n) is 5.79. The van der Waals surface area contributed by atoms with Crippen molar-refractivity contribution in [2.75, 3.05) is 26.0 Å². The molecule has 1 aromatic carbocycles. The maximum absolute atomic E-state index is 5.68. The Morgan fingerprint density at radius 2 is 2.19 bits per heavy atom. The van der Waals surface area contributed by atoms with Crippen molar-refractivity contribution >= 4 is 16.7 Å². The molecule has 21 heavy (non-hydrogen) atoms. The van der Waals surface area contributed by atoms with Crippen molar-refractivity contribution in [1.29, 1.82) is 0 Å². The van der Waals surface area contributed by atoms with Crippen LogP contribution in [0.5, 0.6) is 0 Å². The van der Waals surface area contributed by atoms with Crippen LogP contribution in [0.4, 0.5) is 5.82 Å². The number of anilines is 1. The van der Waals surface area contributed by atoms with Crippen molar-refractivity contribution in [1.82, 2.24) is 9.88 Å². The Hall–Kier alpha value is -1.65. The van der Waals surface area contributed by atoms with Gasteiger partial charge in [-0.2, -0.15) is 0 Å². The molecule has 1 fully saturated rings. The first-order chi connectivity index (χ1) is 10.2. The number of hydrogen-bond acceptors (Lipinski definition) is 4. The van der Waals surface area contributed by atoms with Gasteiger partial charge in [0, 0.05) is 37.2 Å². The predicted octanol–water partition coefficient (Wildman–Crippen LogP) is 2.89. The van der Waals surface area contributed by atoms with Crippen LogP contribution in [0.3, 0.4) is 0 Å². The van der Waals surface area contributed by atoms with Gasteiger partial charge in [0.05, 0.1) is 11.6 Å². The van der Waals surface area contributed by atoms with Gasteiger partial charge in [-0.15, -0.1) is 0 Å². The molecule has 3 rings (SSSR count). The molecule has 1 aliphatic heterocycles. The lowest BCUT2D eigenvalue weighted by Crippen LogP contribution is -2.36. The number of nitrogens with one attached hydrogen (secondary N) is 1. The zero-order valence-corrected chi connectivity index (χ0v) is 13.0. The summed E-state index contributed by atoms with van der Waals surface area (Å²) < 4.78 is 5.68. The summed E-state index contributed by atoms with van der Waals surface area (Å²) in [5.41, 5.74) is 2.27. The predicted molar refractivity (Wildman–Crippen MR) is 86.6 cm³/mol. The molecule has 2 aromatic rings. The largest absolute Gasteiger partial charge is 0.377 e. The van der Waals surface area contributed by atoms with E-state index in [1.807, 2.05) is 13.1 Å². The summed E-state index contributed by atoms with van der Waals surface area (Å²) in [6.45, 7) is 3.91. The summed E-state index contributed by atoms with van der Waals surface area (Å²) in [6, 6.07) is 11.0. The quantitative estimate of drug-likeness (QED) is 0.937. The number of aromatic nitrogens is 1. The van der Waals surface area contributed by atoms with Crippen molar-refractivity contribution in [2.24, 2.45) is 0 Å². The number of ether oxygens (including phenoxy) is 1. The van der Waals surface area contributed by atoms with Crippen LogP contribution in [0.2, 0.25) is 0 Å². The lowest BCUT2D eigenvalue weighted by atomic mass is 10.1. The van der Waals surface area contributed by atoms with Crippen LogP contribution in [0, 0.1) is 0 Å². The van der Waals surface area contributed by atoms with Crippen LogP contribution in [0.1, 0.15) is 18.9 Å². The first-order valence-corrected chi connectivity index (χ1v) is 7.57. The Labute approximate surface area is 126 Å². The number of pyridine rings is 1. The first-order valence-electron chi connectivity index (χ1n) is 7.57. The fourth-order valence-corrected chi connectivity index (χ4v) is 3.18. The maximum atomic E-state index is 5.68. The molecule has 1 N–H and O–H groups in total. The number of nitrogens with zero attached hydrogens (tertiary/aromatic N) is 2. The van der Waals surface area contributed by atoms with Crippen molar-refractivity contribution in [3.63, 3.8) is 0 Å². The highest BCUT2D eigenvalue weighted by Crippen LogP contribution is 2.24. The van der Waals surface area contributed by atoms with E-state index in [0.717, 1.165) is 30.9 Å². The van der Waals surface area contributed by atoms with Gasteiger partial charge >= 0.3 is 0 Å². The third-order valence-corrected chi connectivity index (χ3v) is 4.36. The van der Waals surface area contributed by atoms with E-state index in [2.05, 4.69) is 48.5 Å². The van der Waals surface area contributed by atoms with E-state index in [-0.39, 0.29) is 0 Å². The second kappa shape index (κ2) is 6.00. The summed E-state index contributed by atoms with van der Waals surface area (Å²) >= 11 is 0. The van der Waals surface area contributed by atoms with Crippen LogP contribution < -0.4 is 5.32 Å². The molecular formula is C17H23N3O. The van der Waals surface area contributed by atoms with Crippen molar-refractivity contribution in [2.45, 2.75) is 32.0 Å². The lowest BCUT2D eigenvalue weighted by Gasteiger charge is -2.27. The molecule has 1 saturated heterocycles. The summed E-state index contributed by atoms with van der Waals surface area (Å²) in [4.78, 5) is 7.10. The molecule has 0 spiro atoms. The van der Waals surface area contributed by atoms with Crippen LogP contribution in [-0.4, -0.2) is 42.7 Å². The molecule has 4 heteroatoms. The van der Waals surface area contributed by atoms with Gasteiger partial charge in [0.25, 0.3) is 0 Å². The Morgan fingerprint density at radius 3 is 2.90 bits per heavy atom. The highest BCUT2D eigenvalue weighted by atomic mass is 16.5. The highest BCUT2D eigenvalue weighted by molar-refractivity contribution is 5.81. The van der Waals surface area contributed by atoms with Crippen molar-refractivity contribution < 1.29 is 4.74 Å². The topological polar surface area (TPSA) is 37.4 Å². The smallest absolute Gasteiger partial charge is 0.130 e. The fraction of sp³-hybridized carbons (Fsp3) is 0.471. The Bertz CT molecular complexity index is 628. The van der Waals surface area contributed by atoms with Gasteiger partial charge in [-0.25, -0.2) is 4.98 Å². The van der Waals surface area contributed by atoms with E-state index >= 15 is 0 Å². The van der Waals surface area contributed by atoms with Gasteiger partial charge in [0.2, 0.25) is 0 Å². The summed E-state index contributed by atoms with van der Waals surface area (Å²) in [6.07, 6.45) is 1.41. The van der Waals surface area contributed by atoms with Gasteiger partial charge in [-0.1, -0.05) is 18.2 Å². The van der Waals surface area contributed by atoms with E-state index in [4.69, 9.17) is 9.72 Å². The van der Waals surface area contributed by atoms with Crippen LogP contribution in [0.25, 0.3) is 10.9 Å². The molecule has 1 aliphatic rings. The summed E-state index contributed by atoms with van der Waals surface area (Å²) in [7, 11) is 4.10. The lowest BCUT2D eigenvalue weighted by molar-refractivity contribution is 0.0815. The van der Waals surface area contributed by atoms with Crippen molar-refractivity contribution in [3.05, 3.63) is 35.9 Å². The number of para-hydroxylation sites is 1. The van der Waals surface area contributed by atoms with Gasteiger partial charge in [0.1, 0.15) is 5.82 Å². The standard InChI is InChI=1S/C17H23N3O/c1-12-16(8-9-21-12)20(3)11-14-10-13-6-4-5-7-15(13)19-17(14)18-2/h4-7,10,12,16H,8-9,11H2,1-3H3,(H,18,19). The average molecular weight is 285 g/mol. The molecule has 0 bridgehead atoms. The minimum Gasteiger partial charge on any atom is -0.377 e. The van der Waals surface area contributed by atoms with E-state index < -0.39 is 0 Å². The Balaban J connectivity index is 1.88. The van der Waals surface area contributed by atoms with Crippen LogP contribution in [0.15, 0.2) is 30.3 Å². The number of likely N-dealkylation sites (N-methyl/N-ethyl adjacent to an activating group) is 1. The first kappa shape index (κ1) is 14.3. The Kier molecular flexibility index (Phi) is 4.08. The third kappa shape index (κ3) is 2.87. The molecule has 2 atom stereocenters. The van der Waals surface area contributed by atoms with E-state index in [9.17, 15) is 0 Å². The van der Waals surface area contributed by atoms with Gasteiger partial charge in [0.15, 0.2) is 0 Å².